The molecular formula is C16H20FN3O. The Labute approximate surface area is 123 Å². The molecule has 0 aliphatic carbocycles. The van der Waals surface area contributed by atoms with Crippen LogP contribution in [0.15, 0.2) is 35.1 Å². The topological polar surface area (TPSA) is 51.3 Å². The molecule has 0 amide bonds. The second-order valence-corrected chi connectivity index (χ2v) is 5.71. The summed E-state index contributed by atoms with van der Waals surface area (Å²) in [5, 5.41) is 0.886. The zero-order chi connectivity index (χ0) is 14.8. The zero-order valence-corrected chi connectivity index (χ0v) is 12.0. The molecule has 2 aromatic rings. The van der Waals surface area contributed by atoms with Gasteiger partial charge in [-0.2, -0.15) is 0 Å². The first kappa shape index (κ1) is 14.2. The maximum atomic E-state index is 13.4. The predicted molar refractivity (Wildman–Crippen MR) is 81.8 cm³/mol. The number of likely N-dealkylation sites (tertiary alicyclic amines) is 1. The highest BCUT2D eigenvalue weighted by Crippen LogP contribution is 2.14. The standard InChI is InChI=1S/C16H20FN3O/c17-13-3-1-12-2-4-16(21)20(15(12)11-13)10-9-19-7-5-14(18)6-8-19/h1-4,11,14H,5-10,18H2. The van der Waals surface area contributed by atoms with E-state index in [1.807, 2.05) is 0 Å². The summed E-state index contributed by atoms with van der Waals surface area (Å²) in [6.45, 7) is 3.31. The molecule has 0 atom stereocenters. The van der Waals surface area contributed by atoms with Crippen LogP contribution >= 0.6 is 0 Å². The molecule has 0 spiro atoms. The molecule has 1 aromatic carbocycles. The van der Waals surface area contributed by atoms with Gasteiger partial charge in [0.15, 0.2) is 0 Å². The maximum absolute atomic E-state index is 13.4. The van der Waals surface area contributed by atoms with Gasteiger partial charge in [0, 0.05) is 25.2 Å². The number of aromatic nitrogens is 1. The first-order valence-electron chi connectivity index (χ1n) is 7.40. The highest BCUT2D eigenvalue weighted by atomic mass is 19.1. The van der Waals surface area contributed by atoms with Crippen LogP contribution in [0.25, 0.3) is 10.9 Å². The van der Waals surface area contributed by atoms with Crippen LogP contribution in [0, 0.1) is 5.82 Å². The lowest BCUT2D eigenvalue weighted by atomic mass is 10.1. The van der Waals surface area contributed by atoms with Crippen LogP contribution in [0.2, 0.25) is 0 Å². The Balaban J connectivity index is 1.81. The maximum Gasteiger partial charge on any atom is 0.251 e. The van der Waals surface area contributed by atoms with Crippen molar-refractivity contribution in [3.8, 4) is 0 Å². The molecule has 0 saturated carbocycles. The van der Waals surface area contributed by atoms with Gasteiger partial charge in [0.05, 0.1) is 5.52 Å². The molecule has 3 rings (SSSR count). The van der Waals surface area contributed by atoms with Crippen molar-refractivity contribution in [3.05, 3.63) is 46.5 Å². The molecule has 112 valence electrons. The number of hydrogen-bond donors (Lipinski definition) is 1. The first-order chi connectivity index (χ1) is 10.1. The third kappa shape index (κ3) is 3.14. The van der Waals surface area contributed by atoms with Gasteiger partial charge in [0.25, 0.3) is 5.56 Å². The van der Waals surface area contributed by atoms with Gasteiger partial charge >= 0.3 is 0 Å². The van der Waals surface area contributed by atoms with Crippen molar-refractivity contribution in [1.82, 2.24) is 9.47 Å². The summed E-state index contributed by atoms with van der Waals surface area (Å²) in [6, 6.07) is 8.16. The number of fused-ring (bicyclic) bond motifs is 1. The number of hydrogen-bond acceptors (Lipinski definition) is 3. The van der Waals surface area contributed by atoms with Gasteiger partial charge < -0.3 is 15.2 Å². The van der Waals surface area contributed by atoms with Gasteiger partial charge in [-0.15, -0.1) is 0 Å². The van der Waals surface area contributed by atoms with Crippen molar-refractivity contribution in [2.45, 2.75) is 25.4 Å². The fraction of sp³-hybridized carbons (Fsp3) is 0.438. The zero-order valence-electron chi connectivity index (χ0n) is 12.0. The third-order valence-corrected chi connectivity index (χ3v) is 4.23. The lowest BCUT2D eigenvalue weighted by molar-refractivity contribution is 0.206. The fourth-order valence-corrected chi connectivity index (χ4v) is 2.91. The first-order valence-corrected chi connectivity index (χ1v) is 7.40. The predicted octanol–water partition coefficient (Wildman–Crippen LogP) is 1.56. The summed E-state index contributed by atoms with van der Waals surface area (Å²) in [4.78, 5) is 14.4. The second-order valence-electron chi connectivity index (χ2n) is 5.71. The molecule has 5 heteroatoms. The molecule has 0 unspecified atom stereocenters. The number of halogens is 1. The Hall–Kier alpha value is -1.72. The van der Waals surface area contributed by atoms with Crippen molar-refractivity contribution in [2.75, 3.05) is 19.6 Å². The van der Waals surface area contributed by atoms with E-state index in [2.05, 4.69) is 4.90 Å². The molecule has 1 aromatic heterocycles. The van der Waals surface area contributed by atoms with E-state index in [1.165, 1.54) is 12.1 Å². The number of nitrogens with zero attached hydrogens (tertiary/aromatic N) is 2. The summed E-state index contributed by atoms with van der Waals surface area (Å²) in [6.07, 6.45) is 2.00. The SMILES string of the molecule is NC1CCN(CCn2c(=O)ccc3ccc(F)cc32)CC1. The Bertz CT molecular complexity index is 689. The molecular weight excluding hydrogens is 269 g/mol. The van der Waals surface area contributed by atoms with Crippen LogP contribution in [0.5, 0.6) is 0 Å². The van der Waals surface area contributed by atoms with Crippen LogP contribution in [-0.2, 0) is 6.54 Å². The lowest BCUT2D eigenvalue weighted by Crippen LogP contribution is -2.41. The van der Waals surface area contributed by atoms with Crippen LogP contribution in [0.1, 0.15) is 12.8 Å². The minimum absolute atomic E-state index is 0.0817. The molecule has 1 saturated heterocycles. The Morgan fingerprint density at radius 1 is 1.14 bits per heavy atom. The molecule has 2 heterocycles. The molecule has 0 radical (unpaired) electrons. The molecule has 1 aliphatic rings. The summed E-state index contributed by atoms with van der Waals surface area (Å²) in [5.41, 5.74) is 6.48. The normalized spacial score (nSPS) is 17.4. The van der Waals surface area contributed by atoms with Gasteiger partial charge in [-0.05, 0) is 55.6 Å². The van der Waals surface area contributed by atoms with Crippen LogP contribution in [0.4, 0.5) is 4.39 Å². The monoisotopic (exact) mass is 289 g/mol. The van der Waals surface area contributed by atoms with Crippen LogP contribution in [0.3, 0.4) is 0 Å². The number of pyridine rings is 1. The summed E-state index contributed by atoms with van der Waals surface area (Å²) >= 11 is 0. The van der Waals surface area contributed by atoms with Crippen molar-refractivity contribution in [2.24, 2.45) is 5.73 Å². The van der Waals surface area contributed by atoms with Gasteiger partial charge in [-0.25, -0.2) is 4.39 Å². The van der Waals surface area contributed by atoms with E-state index in [4.69, 9.17) is 5.73 Å². The second kappa shape index (κ2) is 5.95. The van der Waals surface area contributed by atoms with Gasteiger partial charge in [0.2, 0.25) is 0 Å². The number of benzene rings is 1. The van der Waals surface area contributed by atoms with Crippen LogP contribution in [-0.4, -0.2) is 35.1 Å². The third-order valence-electron chi connectivity index (χ3n) is 4.23. The molecule has 1 aliphatic heterocycles. The Kier molecular flexibility index (Phi) is 4.03. The summed E-state index contributed by atoms with van der Waals surface area (Å²) in [5.74, 6) is -0.314. The number of nitrogens with two attached hydrogens (primary N) is 1. The molecule has 4 nitrogen and oxygen atoms in total. The Morgan fingerprint density at radius 2 is 1.86 bits per heavy atom. The van der Waals surface area contributed by atoms with E-state index < -0.39 is 0 Å². The molecule has 1 fully saturated rings. The number of rotatable bonds is 3. The van der Waals surface area contributed by atoms with Crippen molar-refractivity contribution in [1.29, 1.82) is 0 Å². The Morgan fingerprint density at radius 3 is 2.62 bits per heavy atom. The van der Waals surface area contributed by atoms with E-state index in [1.54, 1.807) is 22.8 Å². The fourth-order valence-electron chi connectivity index (χ4n) is 2.91. The highest BCUT2D eigenvalue weighted by Gasteiger charge is 2.16. The lowest BCUT2D eigenvalue weighted by Gasteiger charge is -2.30. The van der Waals surface area contributed by atoms with Gasteiger partial charge in [-0.1, -0.05) is 0 Å². The quantitative estimate of drug-likeness (QED) is 0.933. The van der Waals surface area contributed by atoms with Gasteiger partial charge in [0.1, 0.15) is 5.82 Å². The number of piperidine rings is 1. The summed E-state index contributed by atoms with van der Waals surface area (Å²) < 4.78 is 15.1. The van der Waals surface area contributed by atoms with Crippen LogP contribution < -0.4 is 11.3 Å². The minimum atomic E-state index is -0.314. The summed E-state index contributed by atoms with van der Waals surface area (Å²) in [7, 11) is 0. The van der Waals surface area contributed by atoms with E-state index in [9.17, 15) is 9.18 Å². The van der Waals surface area contributed by atoms with E-state index in [0.717, 1.165) is 37.9 Å². The molecule has 2 N–H and O–H groups in total. The van der Waals surface area contributed by atoms with Crippen molar-refractivity contribution < 1.29 is 4.39 Å². The highest BCUT2D eigenvalue weighted by molar-refractivity contribution is 5.78. The van der Waals surface area contributed by atoms with E-state index in [-0.39, 0.29) is 11.4 Å². The van der Waals surface area contributed by atoms with Gasteiger partial charge in [-0.3, -0.25) is 4.79 Å². The minimum Gasteiger partial charge on any atom is -0.328 e. The van der Waals surface area contributed by atoms with Crippen molar-refractivity contribution in [3.63, 3.8) is 0 Å². The largest absolute Gasteiger partial charge is 0.328 e. The average molecular weight is 289 g/mol. The smallest absolute Gasteiger partial charge is 0.251 e. The molecule has 21 heavy (non-hydrogen) atoms. The van der Waals surface area contributed by atoms with E-state index >= 15 is 0 Å². The average Bonchev–Trinajstić information content (AvgIpc) is 2.48. The van der Waals surface area contributed by atoms with Crippen molar-refractivity contribution >= 4 is 10.9 Å². The molecule has 0 bridgehead atoms. The van der Waals surface area contributed by atoms with E-state index in [0.29, 0.717) is 18.1 Å².